The average molecular weight is 412 g/mol. The molecule has 1 fully saturated rings. The van der Waals surface area contributed by atoms with Gasteiger partial charge in [0.15, 0.2) is 10.9 Å². The van der Waals surface area contributed by atoms with Crippen LogP contribution in [0, 0.1) is 23.5 Å². The molecule has 2 aromatic rings. The molecule has 2 atom stereocenters. The fourth-order valence-electron chi connectivity index (χ4n) is 3.30. The van der Waals surface area contributed by atoms with E-state index >= 15 is 0 Å². The zero-order valence-electron chi connectivity index (χ0n) is 15.6. The number of likely N-dealkylation sites (tertiary alicyclic amines) is 1. The summed E-state index contributed by atoms with van der Waals surface area (Å²) < 4.78 is 27.4. The Kier molecular flexibility index (Phi) is 6.21. The number of benzene rings is 1. The van der Waals surface area contributed by atoms with E-state index in [1.807, 2.05) is 23.9 Å². The van der Waals surface area contributed by atoms with E-state index < -0.39 is 29.4 Å². The van der Waals surface area contributed by atoms with E-state index in [1.54, 1.807) is 0 Å². The third kappa shape index (κ3) is 4.81. The minimum Gasteiger partial charge on any atom is -0.481 e. The standard InChI is InChI=1S/C18H22F2N4O3S/c1-23(2)3-4-24-8-10(5-11(9-24)17(26)27)16(25)22-18-21-15-13(20)6-12(19)7-14(15)28-18/h6-7,10-11H,3-5,8-9H2,1-2H3,(H,26,27)(H,21,22,25). The highest BCUT2D eigenvalue weighted by Crippen LogP contribution is 2.30. The molecule has 0 spiro atoms. The number of halogens is 2. The molecule has 0 saturated carbocycles. The van der Waals surface area contributed by atoms with E-state index in [4.69, 9.17) is 0 Å². The number of aliphatic carboxylic acids is 1. The number of rotatable bonds is 6. The van der Waals surface area contributed by atoms with Crippen LogP contribution in [0.3, 0.4) is 0 Å². The van der Waals surface area contributed by atoms with Crippen LogP contribution in [0.2, 0.25) is 0 Å². The third-order valence-corrected chi connectivity index (χ3v) is 5.67. The molecule has 2 unspecified atom stereocenters. The summed E-state index contributed by atoms with van der Waals surface area (Å²) in [6.45, 7) is 2.26. The van der Waals surface area contributed by atoms with Gasteiger partial charge in [-0.15, -0.1) is 0 Å². The molecule has 1 aromatic heterocycles. The second kappa shape index (κ2) is 8.46. The number of carbonyl (C=O) groups is 2. The number of carboxylic acids is 1. The van der Waals surface area contributed by atoms with Crippen LogP contribution in [0.15, 0.2) is 12.1 Å². The van der Waals surface area contributed by atoms with E-state index in [0.29, 0.717) is 24.3 Å². The minimum absolute atomic E-state index is 0.00126. The van der Waals surface area contributed by atoms with Crippen molar-refractivity contribution < 1.29 is 23.5 Å². The van der Waals surface area contributed by atoms with Crippen molar-refractivity contribution >= 4 is 38.6 Å². The van der Waals surface area contributed by atoms with Crippen molar-refractivity contribution in [3.8, 4) is 0 Å². The topological polar surface area (TPSA) is 85.8 Å². The van der Waals surface area contributed by atoms with Crippen molar-refractivity contribution in [1.82, 2.24) is 14.8 Å². The van der Waals surface area contributed by atoms with Crippen molar-refractivity contribution in [3.05, 3.63) is 23.8 Å². The maximum Gasteiger partial charge on any atom is 0.307 e. The zero-order valence-corrected chi connectivity index (χ0v) is 16.4. The fraction of sp³-hybridized carbons (Fsp3) is 0.500. The summed E-state index contributed by atoms with van der Waals surface area (Å²) >= 11 is 0.980. The molecular formula is C18H22F2N4O3S. The predicted molar refractivity (Wildman–Crippen MR) is 102 cm³/mol. The maximum absolute atomic E-state index is 13.8. The number of amides is 1. The number of hydrogen-bond acceptors (Lipinski definition) is 6. The number of hydrogen-bond donors (Lipinski definition) is 2. The van der Waals surface area contributed by atoms with Crippen LogP contribution >= 0.6 is 11.3 Å². The summed E-state index contributed by atoms with van der Waals surface area (Å²) in [7, 11) is 3.86. The van der Waals surface area contributed by atoms with Crippen LogP contribution in [-0.4, -0.2) is 72.0 Å². The number of aromatic nitrogens is 1. The highest BCUT2D eigenvalue weighted by atomic mass is 32.1. The minimum atomic E-state index is -0.926. The summed E-state index contributed by atoms with van der Waals surface area (Å²) in [6, 6.07) is 1.91. The lowest BCUT2D eigenvalue weighted by atomic mass is 9.88. The summed E-state index contributed by atoms with van der Waals surface area (Å²) in [5.74, 6) is -3.94. The van der Waals surface area contributed by atoms with Crippen molar-refractivity contribution in [2.45, 2.75) is 6.42 Å². The van der Waals surface area contributed by atoms with Gasteiger partial charge in [0, 0.05) is 32.2 Å². The van der Waals surface area contributed by atoms with Gasteiger partial charge in [0.1, 0.15) is 11.3 Å². The van der Waals surface area contributed by atoms with Crippen molar-refractivity contribution in [2.24, 2.45) is 11.8 Å². The molecule has 1 saturated heterocycles. The summed E-state index contributed by atoms with van der Waals surface area (Å²) in [4.78, 5) is 32.2. The summed E-state index contributed by atoms with van der Waals surface area (Å²) in [6.07, 6.45) is 0.230. The van der Waals surface area contributed by atoms with Gasteiger partial charge in [0.25, 0.3) is 0 Å². The lowest BCUT2D eigenvalue weighted by molar-refractivity contribution is -0.145. The van der Waals surface area contributed by atoms with Crippen LogP contribution < -0.4 is 5.32 Å². The first kappa shape index (κ1) is 20.6. The molecule has 1 amide bonds. The van der Waals surface area contributed by atoms with Crippen LogP contribution in [-0.2, 0) is 9.59 Å². The average Bonchev–Trinajstić information content (AvgIpc) is 3.02. The van der Waals surface area contributed by atoms with Gasteiger partial charge >= 0.3 is 5.97 Å². The molecule has 2 N–H and O–H groups in total. The van der Waals surface area contributed by atoms with Crippen LogP contribution in [0.25, 0.3) is 10.2 Å². The highest BCUT2D eigenvalue weighted by Gasteiger charge is 2.35. The second-order valence-corrected chi connectivity index (χ2v) is 8.30. The van der Waals surface area contributed by atoms with Crippen molar-refractivity contribution in [1.29, 1.82) is 0 Å². The number of thiazole rings is 1. The number of carbonyl (C=O) groups excluding carboxylic acids is 1. The Hall–Kier alpha value is -2.17. The van der Waals surface area contributed by atoms with E-state index in [0.717, 1.165) is 30.0 Å². The molecule has 10 heteroatoms. The Labute approximate surface area is 164 Å². The van der Waals surface area contributed by atoms with Crippen molar-refractivity contribution in [2.75, 3.05) is 45.6 Å². The molecule has 7 nitrogen and oxygen atoms in total. The molecule has 1 aliphatic rings. The molecule has 1 aliphatic heterocycles. The summed E-state index contributed by atoms with van der Waals surface area (Å²) in [5, 5.41) is 12.2. The lowest BCUT2D eigenvalue weighted by Gasteiger charge is -2.35. The Morgan fingerprint density at radius 1 is 1.32 bits per heavy atom. The Morgan fingerprint density at radius 2 is 2.04 bits per heavy atom. The Bertz CT molecular complexity index is 889. The molecule has 1 aromatic carbocycles. The summed E-state index contributed by atoms with van der Waals surface area (Å²) in [5.41, 5.74) is 0.00126. The van der Waals surface area contributed by atoms with E-state index in [-0.39, 0.29) is 23.0 Å². The highest BCUT2D eigenvalue weighted by molar-refractivity contribution is 7.22. The van der Waals surface area contributed by atoms with Crippen molar-refractivity contribution in [3.63, 3.8) is 0 Å². The first-order valence-corrected chi connectivity index (χ1v) is 9.71. The molecule has 3 rings (SSSR count). The van der Waals surface area contributed by atoms with Gasteiger partial charge in [-0.05, 0) is 26.6 Å². The number of fused-ring (bicyclic) bond motifs is 1. The molecule has 0 aliphatic carbocycles. The number of carboxylic acid groups (broad SMARTS) is 1. The smallest absolute Gasteiger partial charge is 0.307 e. The number of piperidine rings is 1. The number of nitrogens with zero attached hydrogens (tertiary/aromatic N) is 3. The number of anilines is 1. The van der Waals surface area contributed by atoms with Gasteiger partial charge in [-0.3, -0.25) is 9.59 Å². The quantitative estimate of drug-likeness (QED) is 0.756. The normalized spacial score (nSPS) is 20.6. The van der Waals surface area contributed by atoms with Gasteiger partial charge in [-0.25, -0.2) is 13.8 Å². The number of nitrogens with one attached hydrogen (secondary N) is 1. The molecule has 2 heterocycles. The van der Waals surface area contributed by atoms with Gasteiger partial charge in [-0.1, -0.05) is 11.3 Å². The monoisotopic (exact) mass is 412 g/mol. The molecule has 0 bridgehead atoms. The third-order valence-electron chi connectivity index (χ3n) is 4.75. The first-order chi connectivity index (χ1) is 13.2. The van der Waals surface area contributed by atoms with Gasteiger partial charge in [-0.2, -0.15) is 0 Å². The lowest BCUT2D eigenvalue weighted by Crippen LogP contribution is -2.48. The first-order valence-electron chi connectivity index (χ1n) is 8.89. The van der Waals surface area contributed by atoms with Gasteiger partial charge in [0.2, 0.25) is 5.91 Å². The maximum atomic E-state index is 13.8. The molecule has 152 valence electrons. The zero-order chi connectivity index (χ0) is 20.4. The Morgan fingerprint density at radius 3 is 2.71 bits per heavy atom. The van der Waals surface area contributed by atoms with E-state index in [9.17, 15) is 23.5 Å². The largest absolute Gasteiger partial charge is 0.481 e. The van der Waals surface area contributed by atoms with Crippen LogP contribution in [0.1, 0.15) is 6.42 Å². The molecule has 0 radical (unpaired) electrons. The van der Waals surface area contributed by atoms with Crippen LogP contribution in [0.5, 0.6) is 0 Å². The van der Waals surface area contributed by atoms with Gasteiger partial charge in [0.05, 0.1) is 16.5 Å². The van der Waals surface area contributed by atoms with E-state index in [2.05, 4.69) is 10.3 Å². The molecular weight excluding hydrogens is 390 g/mol. The molecule has 28 heavy (non-hydrogen) atoms. The Balaban J connectivity index is 1.72. The number of likely N-dealkylation sites (N-methyl/N-ethyl adjacent to an activating group) is 1. The fourth-order valence-corrected chi connectivity index (χ4v) is 4.21. The predicted octanol–water partition coefficient (Wildman–Crippen LogP) is 2.10. The second-order valence-electron chi connectivity index (χ2n) is 7.27. The van der Waals surface area contributed by atoms with E-state index in [1.165, 1.54) is 0 Å². The van der Waals surface area contributed by atoms with Gasteiger partial charge < -0.3 is 20.2 Å². The SMILES string of the molecule is CN(C)CCN1CC(C(=O)O)CC(C(=O)Nc2nc3c(F)cc(F)cc3s2)C1. The van der Waals surface area contributed by atoms with Crippen LogP contribution in [0.4, 0.5) is 13.9 Å².